The number of anilines is 1. The summed E-state index contributed by atoms with van der Waals surface area (Å²) in [5.41, 5.74) is -0.863. The highest BCUT2D eigenvalue weighted by atomic mass is 19.1. The Morgan fingerprint density at radius 2 is 2.12 bits per heavy atom. The van der Waals surface area contributed by atoms with Gasteiger partial charge >= 0.3 is 5.69 Å². The summed E-state index contributed by atoms with van der Waals surface area (Å²) in [5, 5.41) is 13.3. The molecule has 1 aliphatic carbocycles. The highest BCUT2D eigenvalue weighted by Crippen LogP contribution is 2.53. The molecule has 1 aromatic carbocycles. The van der Waals surface area contributed by atoms with Gasteiger partial charge in [0, 0.05) is 17.3 Å². The Balaban J connectivity index is 2.24. The smallest absolute Gasteiger partial charge is 0.305 e. The van der Waals surface area contributed by atoms with E-state index in [9.17, 15) is 19.3 Å². The molecule has 3 rings (SSSR count). The van der Waals surface area contributed by atoms with Crippen LogP contribution in [0.1, 0.15) is 24.8 Å². The van der Waals surface area contributed by atoms with Crippen molar-refractivity contribution < 1.29 is 14.1 Å². The molecule has 1 fully saturated rings. The van der Waals surface area contributed by atoms with Crippen LogP contribution < -0.4 is 5.32 Å². The molecule has 2 aliphatic rings. The number of carbonyl (C=O) groups excluding carboxylic acids is 1. The van der Waals surface area contributed by atoms with Crippen molar-refractivity contribution in [2.45, 2.75) is 24.7 Å². The molecule has 1 spiro atoms. The van der Waals surface area contributed by atoms with E-state index >= 15 is 0 Å². The van der Waals surface area contributed by atoms with Gasteiger partial charge in [0.25, 0.3) is 0 Å². The normalized spacial score (nSPS) is 19.7. The minimum Gasteiger partial charge on any atom is -0.325 e. The zero-order valence-corrected chi connectivity index (χ0v) is 8.83. The van der Waals surface area contributed by atoms with E-state index in [-0.39, 0.29) is 11.5 Å². The standard InChI is InChI=1S/C11H9FN2O3/c12-9-7(14(16)17)3-2-6-8(9)11(4-1-5-11)10(15)13-6/h2-3H,1,4-5H2,(H,13,15). The Morgan fingerprint density at radius 1 is 1.41 bits per heavy atom. The molecule has 1 amide bonds. The Labute approximate surface area is 95.8 Å². The van der Waals surface area contributed by atoms with Crippen molar-refractivity contribution in [1.82, 2.24) is 0 Å². The summed E-state index contributed by atoms with van der Waals surface area (Å²) in [6, 6.07) is 2.49. The number of benzene rings is 1. The van der Waals surface area contributed by atoms with Crippen LogP contribution in [0.3, 0.4) is 0 Å². The SMILES string of the molecule is O=C1Nc2ccc([N+](=O)[O-])c(F)c2C12CCC2. The molecule has 0 atom stereocenters. The molecule has 0 saturated heterocycles. The zero-order valence-electron chi connectivity index (χ0n) is 8.83. The van der Waals surface area contributed by atoms with Crippen molar-refractivity contribution in [2.24, 2.45) is 0 Å². The molecule has 1 N–H and O–H groups in total. The van der Waals surface area contributed by atoms with Crippen LogP contribution in [0.5, 0.6) is 0 Å². The minimum absolute atomic E-state index is 0.183. The Hall–Kier alpha value is -1.98. The Bertz CT molecular complexity index is 552. The van der Waals surface area contributed by atoms with Gasteiger partial charge in [-0.1, -0.05) is 6.42 Å². The third kappa shape index (κ3) is 1.09. The van der Waals surface area contributed by atoms with Crippen molar-refractivity contribution in [3.05, 3.63) is 33.6 Å². The van der Waals surface area contributed by atoms with Gasteiger partial charge in [0.1, 0.15) is 0 Å². The number of amides is 1. The number of carbonyl (C=O) groups is 1. The maximum atomic E-state index is 14.1. The van der Waals surface area contributed by atoms with Crippen LogP contribution in [0.25, 0.3) is 0 Å². The van der Waals surface area contributed by atoms with E-state index < -0.39 is 21.8 Å². The van der Waals surface area contributed by atoms with Crippen LogP contribution in [-0.2, 0) is 10.2 Å². The number of halogens is 1. The molecule has 0 unspecified atom stereocenters. The number of fused-ring (bicyclic) bond motifs is 2. The molecule has 0 radical (unpaired) electrons. The van der Waals surface area contributed by atoms with Crippen molar-refractivity contribution >= 4 is 17.3 Å². The van der Waals surface area contributed by atoms with Gasteiger partial charge in [-0.15, -0.1) is 0 Å². The van der Waals surface area contributed by atoms with E-state index in [4.69, 9.17) is 0 Å². The molecule has 1 saturated carbocycles. The molecular formula is C11H9FN2O3. The number of hydrogen-bond acceptors (Lipinski definition) is 3. The average molecular weight is 236 g/mol. The van der Waals surface area contributed by atoms with Gasteiger partial charge in [0.2, 0.25) is 11.7 Å². The predicted octanol–water partition coefficient (Wildman–Crippen LogP) is 2.11. The topological polar surface area (TPSA) is 72.2 Å². The molecule has 6 heteroatoms. The maximum Gasteiger partial charge on any atom is 0.305 e. The van der Waals surface area contributed by atoms with Crippen LogP contribution in [0, 0.1) is 15.9 Å². The van der Waals surface area contributed by atoms with E-state index in [2.05, 4.69) is 5.32 Å². The third-order valence-electron chi connectivity index (χ3n) is 3.69. The average Bonchev–Trinajstić information content (AvgIpc) is 2.50. The van der Waals surface area contributed by atoms with Gasteiger partial charge in [0.15, 0.2) is 0 Å². The molecular weight excluding hydrogens is 227 g/mol. The van der Waals surface area contributed by atoms with Crippen LogP contribution in [0.2, 0.25) is 0 Å². The van der Waals surface area contributed by atoms with Gasteiger partial charge in [-0.2, -0.15) is 4.39 Å². The monoisotopic (exact) mass is 236 g/mol. The van der Waals surface area contributed by atoms with Crippen molar-refractivity contribution in [3.63, 3.8) is 0 Å². The van der Waals surface area contributed by atoms with E-state index in [1.807, 2.05) is 0 Å². The van der Waals surface area contributed by atoms with Crippen molar-refractivity contribution in [2.75, 3.05) is 5.32 Å². The maximum absolute atomic E-state index is 14.1. The van der Waals surface area contributed by atoms with Gasteiger partial charge in [-0.25, -0.2) is 0 Å². The lowest BCUT2D eigenvalue weighted by Crippen LogP contribution is -2.41. The second kappa shape index (κ2) is 3.03. The molecule has 5 nitrogen and oxygen atoms in total. The largest absolute Gasteiger partial charge is 0.325 e. The fourth-order valence-electron chi connectivity index (χ4n) is 2.64. The lowest BCUT2D eigenvalue weighted by Gasteiger charge is -2.35. The third-order valence-corrected chi connectivity index (χ3v) is 3.69. The number of nitrogens with one attached hydrogen (secondary N) is 1. The molecule has 1 aromatic rings. The van der Waals surface area contributed by atoms with Crippen LogP contribution >= 0.6 is 0 Å². The number of rotatable bonds is 1. The first-order chi connectivity index (χ1) is 8.06. The Morgan fingerprint density at radius 3 is 2.65 bits per heavy atom. The molecule has 0 bridgehead atoms. The molecule has 17 heavy (non-hydrogen) atoms. The molecule has 0 aromatic heterocycles. The van der Waals surface area contributed by atoms with E-state index in [0.29, 0.717) is 18.5 Å². The quantitative estimate of drug-likeness (QED) is 0.599. The summed E-state index contributed by atoms with van der Waals surface area (Å²) in [6.45, 7) is 0. The summed E-state index contributed by atoms with van der Waals surface area (Å²) in [4.78, 5) is 21.7. The summed E-state index contributed by atoms with van der Waals surface area (Å²) < 4.78 is 14.1. The first-order valence-corrected chi connectivity index (χ1v) is 5.35. The van der Waals surface area contributed by atoms with Crippen LogP contribution in [0.15, 0.2) is 12.1 Å². The van der Waals surface area contributed by atoms with E-state index in [1.54, 1.807) is 0 Å². The summed E-state index contributed by atoms with van der Waals surface area (Å²) in [7, 11) is 0. The molecule has 1 aliphatic heterocycles. The van der Waals surface area contributed by atoms with Gasteiger partial charge in [0.05, 0.1) is 10.3 Å². The first kappa shape index (κ1) is 10.2. The highest BCUT2D eigenvalue weighted by molar-refractivity contribution is 6.07. The zero-order chi connectivity index (χ0) is 12.2. The second-order valence-electron chi connectivity index (χ2n) is 4.47. The number of nitrogens with zero attached hydrogens (tertiary/aromatic N) is 1. The lowest BCUT2D eigenvalue weighted by molar-refractivity contribution is -0.387. The van der Waals surface area contributed by atoms with E-state index in [0.717, 1.165) is 12.5 Å². The summed E-state index contributed by atoms with van der Waals surface area (Å²) >= 11 is 0. The number of nitro benzene ring substituents is 1. The second-order valence-corrected chi connectivity index (χ2v) is 4.47. The van der Waals surface area contributed by atoms with Gasteiger partial charge in [-0.3, -0.25) is 14.9 Å². The predicted molar refractivity (Wildman–Crippen MR) is 57.2 cm³/mol. The summed E-state index contributed by atoms with van der Waals surface area (Å²) in [6.07, 6.45) is 1.96. The molecule has 1 heterocycles. The summed E-state index contributed by atoms with van der Waals surface area (Å²) in [5.74, 6) is -1.11. The number of hydrogen-bond donors (Lipinski definition) is 1. The van der Waals surface area contributed by atoms with Crippen LogP contribution in [0.4, 0.5) is 15.8 Å². The fraction of sp³-hybridized carbons (Fsp3) is 0.364. The fourth-order valence-corrected chi connectivity index (χ4v) is 2.64. The molecule has 88 valence electrons. The van der Waals surface area contributed by atoms with Crippen molar-refractivity contribution in [1.29, 1.82) is 0 Å². The van der Waals surface area contributed by atoms with E-state index in [1.165, 1.54) is 6.07 Å². The lowest BCUT2D eigenvalue weighted by atomic mass is 9.65. The first-order valence-electron chi connectivity index (χ1n) is 5.35. The van der Waals surface area contributed by atoms with Gasteiger partial charge in [-0.05, 0) is 18.9 Å². The van der Waals surface area contributed by atoms with Crippen molar-refractivity contribution in [3.8, 4) is 0 Å². The van der Waals surface area contributed by atoms with Gasteiger partial charge < -0.3 is 5.32 Å². The highest BCUT2D eigenvalue weighted by Gasteiger charge is 2.53. The Kier molecular flexibility index (Phi) is 1.81. The van der Waals surface area contributed by atoms with Crippen LogP contribution in [-0.4, -0.2) is 10.8 Å². The number of nitro groups is 1. The minimum atomic E-state index is -0.870.